The number of amides is 1. The number of piperazine rings is 1. The van der Waals surface area contributed by atoms with Gasteiger partial charge in [0.2, 0.25) is 5.91 Å². The van der Waals surface area contributed by atoms with Crippen LogP contribution in [0.1, 0.15) is 17.8 Å². The lowest BCUT2D eigenvalue weighted by Crippen LogP contribution is -2.52. The number of hydrogen-bond acceptors (Lipinski definition) is 8. The van der Waals surface area contributed by atoms with Gasteiger partial charge in [-0.15, -0.1) is 11.3 Å². The summed E-state index contributed by atoms with van der Waals surface area (Å²) in [5.41, 5.74) is 0. The van der Waals surface area contributed by atoms with E-state index in [1.807, 2.05) is 22.4 Å². The number of rotatable bonds is 5. The molecule has 0 aromatic carbocycles. The van der Waals surface area contributed by atoms with Gasteiger partial charge < -0.3 is 30.8 Å². The summed E-state index contributed by atoms with van der Waals surface area (Å²) >= 11 is 1.54. The molecule has 1 aromatic rings. The van der Waals surface area contributed by atoms with Crippen LogP contribution in [0, 0.1) is 0 Å². The average Bonchev–Trinajstić information content (AvgIpc) is 3.07. The Hall–Kier alpha value is -2.05. The molecular weight excluding hydrogens is 356 g/mol. The molecule has 2 heterocycles. The maximum atomic E-state index is 11.8. The predicted molar refractivity (Wildman–Crippen MR) is 85.7 cm³/mol. The number of hydrogen-bond donors (Lipinski definition) is 6. The maximum absolute atomic E-state index is 11.8. The lowest BCUT2D eigenvalue weighted by atomic mass is 10.1. The van der Waals surface area contributed by atoms with E-state index in [-0.39, 0.29) is 11.9 Å². The minimum absolute atomic E-state index is 0.0235. The van der Waals surface area contributed by atoms with E-state index in [0.717, 1.165) is 4.88 Å². The first-order valence-corrected chi connectivity index (χ1v) is 8.11. The Balaban J connectivity index is 0.000000275. The quantitative estimate of drug-likeness (QED) is 0.356. The summed E-state index contributed by atoms with van der Waals surface area (Å²) in [6.07, 6.45) is -5.13. The van der Waals surface area contributed by atoms with E-state index in [4.69, 9.17) is 20.4 Å². The number of nitrogens with zero attached hydrogens (tertiary/aromatic N) is 1. The molecule has 11 heteroatoms. The Labute approximate surface area is 146 Å². The van der Waals surface area contributed by atoms with E-state index >= 15 is 0 Å². The van der Waals surface area contributed by atoms with Crippen LogP contribution in [0.4, 0.5) is 0 Å². The molecule has 10 nitrogen and oxygen atoms in total. The molecule has 4 atom stereocenters. The molecule has 2 rings (SSSR count). The molecule has 1 aliphatic heterocycles. The van der Waals surface area contributed by atoms with Gasteiger partial charge in [0, 0.05) is 18.0 Å². The highest BCUT2D eigenvalue weighted by molar-refractivity contribution is 7.10. The normalized spacial score (nSPS) is 21.3. The standard InChI is InChI=1S/C10H14N2O2S.C4H6O6/c1-7(13)12-5-4-11-10(14)9(12)8-3-2-6-15-8;5-1(3(7)8)2(6)4(9)10/h2-3,6-7,9,13H,4-5H2,1H3,(H,11,14);1-2,5-6H,(H,7,8)(H,9,10). The summed E-state index contributed by atoms with van der Waals surface area (Å²) in [7, 11) is 0. The van der Waals surface area contributed by atoms with Crippen molar-refractivity contribution in [2.75, 3.05) is 13.1 Å². The number of carbonyl (C=O) groups is 3. The molecule has 1 fully saturated rings. The molecule has 6 N–H and O–H groups in total. The van der Waals surface area contributed by atoms with Crippen LogP contribution in [0.15, 0.2) is 17.5 Å². The molecule has 1 saturated heterocycles. The van der Waals surface area contributed by atoms with Crippen LogP contribution in [0.5, 0.6) is 0 Å². The fourth-order valence-corrected chi connectivity index (χ4v) is 2.94. The summed E-state index contributed by atoms with van der Waals surface area (Å²) < 4.78 is 0. The van der Waals surface area contributed by atoms with Crippen LogP contribution in [-0.2, 0) is 14.4 Å². The van der Waals surface area contributed by atoms with E-state index < -0.39 is 30.4 Å². The molecule has 140 valence electrons. The highest BCUT2D eigenvalue weighted by Crippen LogP contribution is 2.27. The third-order valence-electron chi connectivity index (χ3n) is 3.35. The van der Waals surface area contributed by atoms with E-state index in [0.29, 0.717) is 13.1 Å². The van der Waals surface area contributed by atoms with Gasteiger partial charge in [-0.25, -0.2) is 9.59 Å². The van der Waals surface area contributed by atoms with E-state index in [9.17, 15) is 19.5 Å². The number of carbonyl (C=O) groups excluding carboxylic acids is 1. The minimum atomic E-state index is -2.27. The number of carboxylic acid groups (broad SMARTS) is 2. The second-order valence-electron chi connectivity index (χ2n) is 5.14. The monoisotopic (exact) mass is 376 g/mol. The Morgan fingerprint density at radius 1 is 1.24 bits per heavy atom. The SMILES string of the molecule is CC(O)N1CCNC(=O)C1c1cccs1.O=C(O)C(O)C(O)C(=O)O. The second kappa shape index (κ2) is 9.44. The van der Waals surface area contributed by atoms with Crippen LogP contribution < -0.4 is 5.32 Å². The van der Waals surface area contributed by atoms with E-state index in [1.165, 1.54) is 0 Å². The van der Waals surface area contributed by atoms with Crippen molar-refractivity contribution in [2.45, 2.75) is 31.4 Å². The zero-order valence-corrected chi connectivity index (χ0v) is 14.1. The molecule has 0 bridgehead atoms. The fraction of sp³-hybridized carbons (Fsp3) is 0.500. The van der Waals surface area contributed by atoms with Crippen molar-refractivity contribution < 1.29 is 39.9 Å². The molecule has 0 radical (unpaired) electrons. The number of aliphatic carboxylic acids is 2. The number of thiophene rings is 1. The van der Waals surface area contributed by atoms with E-state index in [2.05, 4.69) is 5.32 Å². The summed E-state index contributed by atoms with van der Waals surface area (Å²) in [6, 6.07) is 3.51. The molecular formula is C14H20N2O8S. The predicted octanol–water partition coefficient (Wildman–Crippen LogP) is -1.56. The summed E-state index contributed by atoms with van der Waals surface area (Å²) in [6.45, 7) is 2.98. The number of nitrogens with one attached hydrogen (secondary N) is 1. The highest BCUT2D eigenvalue weighted by Gasteiger charge is 2.33. The summed E-state index contributed by atoms with van der Waals surface area (Å²) in [5, 5.41) is 46.9. The molecule has 25 heavy (non-hydrogen) atoms. The van der Waals surface area contributed by atoms with Gasteiger partial charge in [0.1, 0.15) is 12.3 Å². The molecule has 1 aliphatic rings. The van der Waals surface area contributed by atoms with Gasteiger partial charge in [-0.1, -0.05) is 6.07 Å². The summed E-state index contributed by atoms with van der Waals surface area (Å²) in [4.78, 5) is 34.1. The van der Waals surface area contributed by atoms with Gasteiger partial charge in [0.25, 0.3) is 0 Å². The van der Waals surface area contributed by atoms with Gasteiger partial charge >= 0.3 is 11.9 Å². The van der Waals surface area contributed by atoms with Gasteiger partial charge in [-0.3, -0.25) is 9.69 Å². The van der Waals surface area contributed by atoms with Crippen molar-refractivity contribution in [3.05, 3.63) is 22.4 Å². The highest BCUT2D eigenvalue weighted by atomic mass is 32.1. The second-order valence-corrected chi connectivity index (χ2v) is 6.12. The molecule has 0 aliphatic carbocycles. The smallest absolute Gasteiger partial charge is 0.335 e. The lowest BCUT2D eigenvalue weighted by molar-refractivity contribution is -0.165. The van der Waals surface area contributed by atoms with Crippen molar-refractivity contribution in [2.24, 2.45) is 0 Å². The lowest BCUT2D eigenvalue weighted by Gasteiger charge is -2.36. The molecule has 4 unspecified atom stereocenters. The van der Waals surface area contributed by atoms with Crippen molar-refractivity contribution in [1.29, 1.82) is 0 Å². The number of aliphatic hydroxyl groups is 3. The zero-order valence-electron chi connectivity index (χ0n) is 13.3. The zero-order chi connectivity index (χ0) is 19.1. The Morgan fingerprint density at radius 3 is 2.20 bits per heavy atom. The van der Waals surface area contributed by atoms with Crippen LogP contribution in [0.3, 0.4) is 0 Å². The van der Waals surface area contributed by atoms with Crippen molar-refractivity contribution in [3.63, 3.8) is 0 Å². The van der Waals surface area contributed by atoms with Crippen LogP contribution >= 0.6 is 11.3 Å². The third-order valence-corrected chi connectivity index (χ3v) is 4.27. The average molecular weight is 376 g/mol. The van der Waals surface area contributed by atoms with Crippen LogP contribution in [0.25, 0.3) is 0 Å². The van der Waals surface area contributed by atoms with Crippen molar-refractivity contribution in [3.8, 4) is 0 Å². The number of aliphatic hydroxyl groups excluding tert-OH is 3. The third kappa shape index (κ3) is 5.76. The molecule has 1 amide bonds. The molecule has 1 aromatic heterocycles. The van der Waals surface area contributed by atoms with Gasteiger partial charge in [-0.05, 0) is 18.4 Å². The van der Waals surface area contributed by atoms with Gasteiger partial charge in [0.15, 0.2) is 12.2 Å². The first kappa shape index (κ1) is 21.0. The Morgan fingerprint density at radius 2 is 1.80 bits per heavy atom. The van der Waals surface area contributed by atoms with Crippen molar-refractivity contribution in [1.82, 2.24) is 10.2 Å². The maximum Gasteiger partial charge on any atom is 0.335 e. The topological polar surface area (TPSA) is 168 Å². The first-order chi connectivity index (χ1) is 11.7. The van der Waals surface area contributed by atoms with Gasteiger partial charge in [-0.2, -0.15) is 0 Å². The Bertz CT molecular complexity index is 574. The molecule has 0 saturated carbocycles. The largest absolute Gasteiger partial charge is 0.479 e. The summed E-state index contributed by atoms with van der Waals surface area (Å²) in [5.74, 6) is -3.56. The Kier molecular flexibility index (Phi) is 7.93. The van der Waals surface area contributed by atoms with E-state index in [1.54, 1.807) is 18.3 Å². The minimum Gasteiger partial charge on any atom is -0.479 e. The number of carboxylic acids is 2. The first-order valence-electron chi connectivity index (χ1n) is 7.23. The molecule has 0 spiro atoms. The van der Waals surface area contributed by atoms with Crippen LogP contribution in [0.2, 0.25) is 0 Å². The fourth-order valence-electron chi connectivity index (χ4n) is 2.10. The van der Waals surface area contributed by atoms with Crippen LogP contribution in [-0.4, -0.2) is 79.8 Å². The van der Waals surface area contributed by atoms with Gasteiger partial charge in [0.05, 0.1) is 0 Å². The van der Waals surface area contributed by atoms with Crippen molar-refractivity contribution >= 4 is 29.2 Å².